The third-order valence-electron chi connectivity index (χ3n) is 5.58. The number of benzene rings is 1. The van der Waals surface area contributed by atoms with Crippen molar-refractivity contribution in [3.8, 4) is 0 Å². The molecule has 0 aliphatic carbocycles. The maximum atomic E-state index is 13.2. The van der Waals surface area contributed by atoms with Crippen LogP contribution >= 0.6 is 0 Å². The van der Waals surface area contributed by atoms with Gasteiger partial charge in [0.2, 0.25) is 0 Å². The lowest BCUT2D eigenvalue weighted by molar-refractivity contribution is -0.138. The number of nitrogens with one attached hydrogen (secondary N) is 1. The van der Waals surface area contributed by atoms with E-state index >= 15 is 0 Å². The summed E-state index contributed by atoms with van der Waals surface area (Å²) < 4.78 is 0. The highest BCUT2D eigenvalue weighted by atomic mass is 16.2. The van der Waals surface area contributed by atoms with Gasteiger partial charge in [-0.2, -0.15) is 5.10 Å². The van der Waals surface area contributed by atoms with Crippen LogP contribution in [0.1, 0.15) is 19.4 Å². The SMILES string of the molecule is C=C(C)CN1C(=O)C2C(NC3N(C/C=C/c4ccccc4)N=C(C)CN23)N(C)C1=O. The van der Waals surface area contributed by atoms with Crippen molar-refractivity contribution < 1.29 is 9.59 Å². The fourth-order valence-electron chi connectivity index (χ4n) is 4.27. The van der Waals surface area contributed by atoms with E-state index in [1.165, 1.54) is 4.90 Å². The van der Waals surface area contributed by atoms with E-state index in [2.05, 4.69) is 28.9 Å². The summed E-state index contributed by atoms with van der Waals surface area (Å²) in [5.41, 5.74) is 2.83. The molecular formula is C22H28N6O2. The van der Waals surface area contributed by atoms with Crippen LogP contribution in [0.4, 0.5) is 4.79 Å². The number of likely N-dealkylation sites (N-methyl/N-ethyl adjacent to an activating group) is 1. The highest BCUT2D eigenvalue weighted by Gasteiger charge is 2.56. The van der Waals surface area contributed by atoms with Crippen LogP contribution in [0.15, 0.2) is 53.7 Å². The van der Waals surface area contributed by atoms with E-state index in [9.17, 15) is 9.59 Å². The quantitative estimate of drug-likeness (QED) is 0.752. The number of amides is 3. The third-order valence-corrected chi connectivity index (χ3v) is 5.58. The van der Waals surface area contributed by atoms with Gasteiger partial charge in [-0.1, -0.05) is 54.6 Å². The minimum atomic E-state index is -0.455. The predicted octanol–water partition coefficient (Wildman–Crippen LogP) is 1.74. The molecule has 3 aliphatic rings. The third kappa shape index (κ3) is 3.64. The first-order valence-corrected chi connectivity index (χ1v) is 10.1. The van der Waals surface area contributed by atoms with Gasteiger partial charge in [0.05, 0.1) is 13.1 Å². The summed E-state index contributed by atoms with van der Waals surface area (Å²) in [5.74, 6) is -0.185. The molecule has 2 saturated heterocycles. The largest absolute Gasteiger partial charge is 0.328 e. The van der Waals surface area contributed by atoms with E-state index in [0.717, 1.165) is 16.8 Å². The second-order valence-corrected chi connectivity index (χ2v) is 8.15. The minimum absolute atomic E-state index is 0.185. The van der Waals surface area contributed by atoms with E-state index in [4.69, 9.17) is 5.10 Å². The maximum Gasteiger partial charge on any atom is 0.328 e. The van der Waals surface area contributed by atoms with Crippen LogP contribution in [0.3, 0.4) is 0 Å². The molecule has 3 heterocycles. The van der Waals surface area contributed by atoms with Gasteiger partial charge >= 0.3 is 6.03 Å². The van der Waals surface area contributed by atoms with Gasteiger partial charge in [0.1, 0.15) is 12.2 Å². The molecule has 158 valence electrons. The number of hydrogen-bond acceptors (Lipinski definition) is 6. The minimum Gasteiger partial charge on any atom is -0.310 e. The summed E-state index contributed by atoms with van der Waals surface area (Å²) in [4.78, 5) is 31.0. The van der Waals surface area contributed by atoms with Crippen molar-refractivity contribution in [2.45, 2.75) is 32.3 Å². The Kier molecular flexibility index (Phi) is 5.44. The summed E-state index contributed by atoms with van der Waals surface area (Å²) in [7, 11) is 1.73. The van der Waals surface area contributed by atoms with Gasteiger partial charge < -0.3 is 4.90 Å². The Bertz CT molecular complexity index is 911. The number of urea groups is 1. The number of imide groups is 1. The summed E-state index contributed by atoms with van der Waals surface area (Å²) >= 11 is 0. The molecule has 3 atom stereocenters. The summed E-state index contributed by atoms with van der Waals surface area (Å²) in [6.07, 6.45) is 3.47. The molecule has 1 N–H and O–H groups in total. The van der Waals surface area contributed by atoms with Gasteiger partial charge in [-0.15, -0.1) is 0 Å². The molecule has 0 spiro atoms. The molecule has 4 rings (SSSR count). The first-order chi connectivity index (χ1) is 14.4. The van der Waals surface area contributed by atoms with Crippen molar-refractivity contribution in [1.82, 2.24) is 25.0 Å². The number of hydrazone groups is 1. The van der Waals surface area contributed by atoms with Crippen molar-refractivity contribution in [2.75, 3.05) is 26.7 Å². The molecule has 3 amide bonds. The molecule has 1 aromatic rings. The smallest absolute Gasteiger partial charge is 0.310 e. The topological polar surface area (TPSA) is 71.5 Å². The zero-order chi connectivity index (χ0) is 21.4. The zero-order valence-electron chi connectivity index (χ0n) is 17.7. The van der Waals surface area contributed by atoms with Crippen LogP contribution in [-0.4, -0.2) is 82.5 Å². The Morgan fingerprint density at radius 3 is 2.73 bits per heavy atom. The number of carbonyl (C=O) groups excluding carboxylic acids is 2. The standard InChI is InChI=1S/C22H28N6O2/c1-15(2)13-27-20(29)18-19(25(4)22(27)30)23-21-26(18)14-16(3)24-28(21)12-8-11-17-9-6-5-7-10-17/h5-11,18-19,21,23H,1,12-14H2,2-4H3/b11-8+. The van der Waals surface area contributed by atoms with Crippen LogP contribution in [0.2, 0.25) is 0 Å². The first kappa shape index (κ1) is 20.3. The monoisotopic (exact) mass is 408 g/mol. The molecule has 0 aromatic heterocycles. The predicted molar refractivity (Wildman–Crippen MR) is 116 cm³/mol. The molecule has 1 aromatic carbocycles. The fraction of sp³-hybridized carbons (Fsp3) is 0.409. The van der Waals surface area contributed by atoms with Crippen LogP contribution in [0.25, 0.3) is 6.08 Å². The van der Waals surface area contributed by atoms with E-state index in [1.54, 1.807) is 11.9 Å². The molecule has 3 aliphatic heterocycles. The Labute approximate surface area is 177 Å². The van der Waals surface area contributed by atoms with E-state index in [1.807, 2.05) is 49.2 Å². The van der Waals surface area contributed by atoms with Gasteiger partial charge in [-0.3, -0.25) is 20.0 Å². The lowest BCUT2D eigenvalue weighted by Gasteiger charge is -2.42. The van der Waals surface area contributed by atoms with Crippen molar-refractivity contribution >= 4 is 23.7 Å². The van der Waals surface area contributed by atoms with Crippen LogP contribution in [-0.2, 0) is 4.79 Å². The number of hydrogen-bond donors (Lipinski definition) is 1. The van der Waals surface area contributed by atoms with Gasteiger partial charge in [0.15, 0.2) is 6.29 Å². The van der Waals surface area contributed by atoms with Crippen LogP contribution < -0.4 is 5.32 Å². The Hall–Kier alpha value is -2.97. The second-order valence-electron chi connectivity index (χ2n) is 8.15. The normalized spacial score (nSPS) is 26.8. The van der Waals surface area contributed by atoms with Gasteiger partial charge in [-0.25, -0.2) is 9.69 Å². The summed E-state index contributed by atoms with van der Waals surface area (Å²) in [6, 6.07) is 9.33. The number of nitrogens with zero attached hydrogens (tertiary/aromatic N) is 5. The molecule has 0 radical (unpaired) electrons. The average molecular weight is 409 g/mol. The number of fused-ring (bicyclic) bond motifs is 3. The van der Waals surface area contributed by atoms with Gasteiger partial charge in [-0.05, 0) is 19.4 Å². The maximum absolute atomic E-state index is 13.2. The van der Waals surface area contributed by atoms with Crippen molar-refractivity contribution in [3.63, 3.8) is 0 Å². The van der Waals surface area contributed by atoms with Crippen molar-refractivity contribution in [2.24, 2.45) is 5.10 Å². The molecule has 0 saturated carbocycles. The second kappa shape index (κ2) is 8.04. The number of rotatable bonds is 5. The zero-order valence-corrected chi connectivity index (χ0v) is 17.7. The first-order valence-electron chi connectivity index (χ1n) is 10.1. The average Bonchev–Trinajstić information content (AvgIpc) is 3.10. The lowest BCUT2D eigenvalue weighted by Crippen LogP contribution is -2.66. The molecule has 3 unspecified atom stereocenters. The molecule has 30 heavy (non-hydrogen) atoms. The summed E-state index contributed by atoms with van der Waals surface area (Å²) in [6.45, 7) is 9.04. The fourth-order valence-corrected chi connectivity index (χ4v) is 4.27. The van der Waals surface area contributed by atoms with Crippen molar-refractivity contribution in [1.29, 1.82) is 0 Å². The molecule has 8 nitrogen and oxygen atoms in total. The van der Waals surface area contributed by atoms with Crippen LogP contribution in [0, 0.1) is 0 Å². The van der Waals surface area contributed by atoms with E-state index < -0.39 is 12.2 Å². The molecule has 8 heteroatoms. The molecular weight excluding hydrogens is 380 g/mol. The van der Waals surface area contributed by atoms with E-state index in [-0.39, 0.29) is 24.8 Å². The van der Waals surface area contributed by atoms with Gasteiger partial charge in [0.25, 0.3) is 5.91 Å². The Balaban J connectivity index is 1.56. The van der Waals surface area contributed by atoms with Gasteiger partial charge in [0, 0.05) is 19.3 Å². The molecule has 0 bridgehead atoms. The summed E-state index contributed by atoms with van der Waals surface area (Å²) in [5, 5.41) is 10.1. The van der Waals surface area contributed by atoms with Crippen LogP contribution in [0.5, 0.6) is 0 Å². The molecule has 2 fully saturated rings. The van der Waals surface area contributed by atoms with Crippen molar-refractivity contribution in [3.05, 3.63) is 54.1 Å². The lowest BCUT2D eigenvalue weighted by atomic mass is 10.1. The van der Waals surface area contributed by atoms with E-state index in [0.29, 0.717) is 13.1 Å². The Morgan fingerprint density at radius 1 is 1.30 bits per heavy atom. The highest BCUT2D eigenvalue weighted by molar-refractivity contribution is 6.01. The Morgan fingerprint density at radius 2 is 2.03 bits per heavy atom. The highest BCUT2D eigenvalue weighted by Crippen LogP contribution is 2.30. The number of carbonyl (C=O) groups is 2.